The van der Waals surface area contributed by atoms with E-state index in [1.54, 1.807) is 4.90 Å². The fraction of sp³-hybridized carbons (Fsp3) is 0.500. The summed E-state index contributed by atoms with van der Waals surface area (Å²) in [5.41, 5.74) is 1.34. The molecule has 4 nitrogen and oxygen atoms in total. The number of nitrogens with zero attached hydrogens (tertiary/aromatic N) is 1. The van der Waals surface area contributed by atoms with E-state index in [9.17, 15) is 9.59 Å². The van der Waals surface area contributed by atoms with Gasteiger partial charge in [-0.3, -0.25) is 9.59 Å². The first-order valence-corrected chi connectivity index (χ1v) is 7.45. The molecule has 0 radical (unpaired) electrons. The third-order valence-electron chi connectivity index (χ3n) is 3.64. The monoisotopic (exact) mass is 308 g/mol. The Morgan fingerprint density at radius 2 is 1.95 bits per heavy atom. The lowest BCUT2D eigenvalue weighted by molar-refractivity contribution is -0.127. The van der Waals surface area contributed by atoms with Crippen LogP contribution in [0.5, 0.6) is 0 Å². The summed E-state index contributed by atoms with van der Waals surface area (Å²) in [6.45, 7) is 8.12. The molecule has 1 unspecified atom stereocenters. The van der Waals surface area contributed by atoms with Gasteiger partial charge in [0.05, 0.1) is 10.7 Å². The second-order valence-electron chi connectivity index (χ2n) is 6.56. The molecule has 0 aromatic heterocycles. The largest absolute Gasteiger partial charge is 0.344 e. The number of anilines is 1. The molecule has 1 aromatic rings. The minimum Gasteiger partial charge on any atom is -0.344 e. The van der Waals surface area contributed by atoms with Crippen LogP contribution >= 0.6 is 11.6 Å². The normalized spacial score (nSPS) is 20.2. The molecule has 0 spiro atoms. The van der Waals surface area contributed by atoms with Crippen LogP contribution in [0.3, 0.4) is 0 Å². The molecule has 5 heteroatoms. The van der Waals surface area contributed by atoms with Gasteiger partial charge in [0.25, 0.3) is 0 Å². The first-order chi connectivity index (χ1) is 9.70. The van der Waals surface area contributed by atoms with Gasteiger partial charge in [0, 0.05) is 13.0 Å². The quantitative estimate of drug-likeness (QED) is 0.867. The third kappa shape index (κ3) is 3.38. The highest BCUT2D eigenvalue weighted by atomic mass is 35.5. The van der Waals surface area contributed by atoms with E-state index in [1.165, 1.54) is 0 Å². The van der Waals surface area contributed by atoms with Crippen LogP contribution in [-0.4, -0.2) is 24.4 Å². The Morgan fingerprint density at radius 1 is 1.29 bits per heavy atom. The molecule has 1 aliphatic rings. The Hall–Kier alpha value is -1.55. The average Bonchev–Trinajstić information content (AvgIpc) is 2.50. The molecule has 1 aliphatic heterocycles. The van der Waals surface area contributed by atoms with Crippen LogP contribution in [0.1, 0.15) is 32.8 Å². The van der Waals surface area contributed by atoms with Crippen molar-refractivity contribution < 1.29 is 9.59 Å². The van der Waals surface area contributed by atoms with E-state index in [0.29, 0.717) is 17.3 Å². The Balaban J connectivity index is 2.42. The Labute approximate surface area is 130 Å². The molecule has 1 aromatic carbocycles. The Bertz CT molecular complexity index is 578. The van der Waals surface area contributed by atoms with Gasteiger partial charge >= 0.3 is 0 Å². The summed E-state index contributed by atoms with van der Waals surface area (Å²) in [5.74, 6) is -0.215. The van der Waals surface area contributed by atoms with Crippen molar-refractivity contribution in [3.63, 3.8) is 0 Å². The smallest absolute Gasteiger partial charge is 0.250 e. The van der Waals surface area contributed by atoms with E-state index in [1.807, 2.05) is 45.9 Å². The maximum Gasteiger partial charge on any atom is 0.250 e. The number of hydrogen-bond acceptors (Lipinski definition) is 2. The van der Waals surface area contributed by atoms with Crippen molar-refractivity contribution in [2.24, 2.45) is 5.41 Å². The molecule has 0 saturated carbocycles. The zero-order chi connectivity index (χ0) is 15.8. The molecule has 2 rings (SSSR count). The molecule has 114 valence electrons. The Kier molecular flexibility index (Phi) is 4.28. The number of carbonyl (C=O) groups excluding carboxylic acids is 2. The predicted molar refractivity (Wildman–Crippen MR) is 84.5 cm³/mol. The van der Waals surface area contributed by atoms with Crippen LogP contribution in [0, 0.1) is 12.3 Å². The summed E-state index contributed by atoms with van der Waals surface area (Å²) < 4.78 is 0. The van der Waals surface area contributed by atoms with Crippen molar-refractivity contribution in [2.75, 3.05) is 11.4 Å². The molecular weight excluding hydrogens is 288 g/mol. The van der Waals surface area contributed by atoms with Gasteiger partial charge in [-0.25, -0.2) is 0 Å². The van der Waals surface area contributed by atoms with Crippen molar-refractivity contribution in [1.82, 2.24) is 5.32 Å². The first-order valence-electron chi connectivity index (χ1n) is 7.07. The maximum atomic E-state index is 12.8. The second-order valence-corrected chi connectivity index (χ2v) is 6.97. The van der Waals surface area contributed by atoms with Crippen LogP contribution in [0.2, 0.25) is 5.02 Å². The SMILES string of the molecule is Cc1ccc(N2CCC(=O)NC(C(C)(C)C)C2=O)c(Cl)c1. The van der Waals surface area contributed by atoms with Gasteiger partial charge in [-0.05, 0) is 30.0 Å². The first kappa shape index (κ1) is 15.8. The van der Waals surface area contributed by atoms with E-state index in [0.717, 1.165) is 5.56 Å². The number of benzene rings is 1. The molecular formula is C16H21ClN2O2. The molecule has 1 N–H and O–H groups in total. The molecule has 1 fully saturated rings. The molecule has 2 amide bonds. The van der Waals surface area contributed by atoms with Gasteiger partial charge in [-0.1, -0.05) is 38.4 Å². The zero-order valence-corrected chi connectivity index (χ0v) is 13.6. The molecule has 0 aliphatic carbocycles. The van der Waals surface area contributed by atoms with Crippen molar-refractivity contribution in [1.29, 1.82) is 0 Å². The fourth-order valence-electron chi connectivity index (χ4n) is 2.43. The summed E-state index contributed by atoms with van der Waals surface area (Å²) in [6.07, 6.45) is 0.280. The molecule has 1 atom stereocenters. The van der Waals surface area contributed by atoms with Crippen molar-refractivity contribution in [3.05, 3.63) is 28.8 Å². The molecule has 1 saturated heterocycles. The summed E-state index contributed by atoms with van der Waals surface area (Å²) in [4.78, 5) is 26.3. The molecule has 1 heterocycles. The van der Waals surface area contributed by atoms with Crippen LogP contribution in [0.25, 0.3) is 0 Å². The number of rotatable bonds is 1. The van der Waals surface area contributed by atoms with Gasteiger partial charge in [0.2, 0.25) is 11.8 Å². The standard InChI is InChI=1S/C16H21ClN2O2/c1-10-5-6-12(11(17)9-10)19-8-7-13(20)18-14(15(19)21)16(2,3)4/h5-6,9,14H,7-8H2,1-4H3,(H,18,20). The van der Waals surface area contributed by atoms with Crippen LogP contribution < -0.4 is 10.2 Å². The lowest BCUT2D eigenvalue weighted by atomic mass is 9.86. The highest BCUT2D eigenvalue weighted by molar-refractivity contribution is 6.34. The van der Waals surface area contributed by atoms with Gasteiger partial charge in [0.1, 0.15) is 6.04 Å². The van der Waals surface area contributed by atoms with Crippen LogP contribution in [0.15, 0.2) is 18.2 Å². The number of nitrogens with one attached hydrogen (secondary N) is 1. The van der Waals surface area contributed by atoms with E-state index in [4.69, 9.17) is 11.6 Å². The van der Waals surface area contributed by atoms with E-state index in [-0.39, 0.29) is 23.7 Å². The highest BCUT2D eigenvalue weighted by Crippen LogP contribution is 2.31. The van der Waals surface area contributed by atoms with Gasteiger partial charge < -0.3 is 10.2 Å². The number of amides is 2. The Morgan fingerprint density at radius 3 is 2.52 bits per heavy atom. The van der Waals surface area contributed by atoms with E-state index >= 15 is 0 Å². The minimum absolute atomic E-state index is 0.103. The number of carbonyl (C=O) groups is 2. The third-order valence-corrected chi connectivity index (χ3v) is 3.94. The fourth-order valence-corrected chi connectivity index (χ4v) is 2.77. The van der Waals surface area contributed by atoms with E-state index < -0.39 is 6.04 Å². The van der Waals surface area contributed by atoms with E-state index in [2.05, 4.69) is 5.32 Å². The minimum atomic E-state index is -0.551. The number of hydrogen-bond donors (Lipinski definition) is 1. The van der Waals surface area contributed by atoms with Crippen molar-refractivity contribution in [3.8, 4) is 0 Å². The van der Waals surface area contributed by atoms with Crippen LogP contribution in [-0.2, 0) is 9.59 Å². The summed E-state index contributed by atoms with van der Waals surface area (Å²) >= 11 is 6.28. The molecule has 0 bridgehead atoms. The summed E-state index contributed by atoms with van der Waals surface area (Å²) in [6, 6.07) is 5.03. The average molecular weight is 309 g/mol. The van der Waals surface area contributed by atoms with Gasteiger partial charge in [-0.15, -0.1) is 0 Å². The summed E-state index contributed by atoms with van der Waals surface area (Å²) in [5, 5.41) is 3.36. The number of aryl methyl sites for hydroxylation is 1. The maximum absolute atomic E-state index is 12.8. The van der Waals surface area contributed by atoms with Gasteiger partial charge in [-0.2, -0.15) is 0 Å². The van der Waals surface area contributed by atoms with Crippen molar-refractivity contribution >= 4 is 29.1 Å². The van der Waals surface area contributed by atoms with Crippen molar-refractivity contribution in [2.45, 2.75) is 40.2 Å². The lowest BCUT2D eigenvalue weighted by Crippen LogP contribution is -2.52. The number of halogens is 1. The highest BCUT2D eigenvalue weighted by Gasteiger charge is 2.38. The topological polar surface area (TPSA) is 49.4 Å². The van der Waals surface area contributed by atoms with Gasteiger partial charge in [0.15, 0.2) is 0 Å². The zero-order valence-electron chi connectivity index (χ0n) is 12.9. The van der Waals surface area contributed by atoms with Crippen LogP contribution in [0.4, 0.5) is 5.69 Å². The lowest BCUT2D eigenvalue weighted by Gasteiger charge is -2.32. The summed E-state index contributed by atoms with van der Waals surface area (Å²) in [7, 11) is 0. The molecule has 21 heavy (non-hydrogen) atoms. The second kappa shape index (κ2) is 5.68. The predicted octanol–water partition coefficient (Wildman–Crippen LogP) is 2.92.